The second-order valence-corrected chi connectivity index (χ2v) is 3.88. The molecule has 0 radical (unpaired) electrons. The first kappa shape index (κ1) is 12.5. The van der Waals surface area contributed by atoms with Gasteiger partial charge in [-0.15, -0.1) is 0 Å². The van der Waals surface area contributed by atoms with Crippen LogP contribution in [0, 0.1) is 5.82 Å². The Hall–Kier alpha value is -1.94. The van der Waals surface area contributed by atoms with Crippen molar-refractivity contribution in [2.75, 3.05) is 0 Å². The summed E-state index contributed by atoms with van der Waals surface area (Å²) in [6.07, 6.45) is 1.97. The molecule has 4 heteroatoms. The molecule has 94 valence electrons. The van der Waals surface area contributed by atoms with E-state index in [1.165, 1.54) is 6.07 Å². The van der Waals surface area contributed by atoms with Crippen molar-refractivity contribution in [3.05, 3.63) is 53.5 Å². The lowest BCUT2D eigenvalue weighted by atomic mass is 10.2. The second kappa shape index (κ2) is 5.60. The summed E-state index contributed by atoms with van der Waals surface area (Å²) in [6.45, 7) is 1.74. The number of ether oxygens (including phenoxy) is 1. The lowest BCUT2D eigenvalue weighted by Gasteiger charge is -2.09. The highest BCUT2D eigenvalue weighted by atomic mass is 19.1. The zero-order chi connectivity index (χ0) is 13.0. The first-order valence-electron chi connectivity index (χ1n) is 5.75. The Morgan fingerprint density at radius 3 is 2.89 bits per heavy atom. The summed E-state index contributed by atoms with van der Waals surface area (Å²) >= 11 is 0. The Kier molecular flexibility index (Phi) is 3.89. The van der Waals surface area contributed by atoms with E-state index in [9.17, 15) is 4.39 Å². The summed E-state index contributed by atoms with van der Waals surface area (Å²) in [6, 6.07) is 8.79. The van der Waals surface area contributed by atoms with Crippen LogP contribution in [0.25, 0.3) is 0 Å². The van der Waals surface area contributed by atoms with Gasteiger partial charge in [0.15, 0.2) is 0 Å². The molecule has 0 atom stereocenters. The number of aliphatic hydroxyl groups excluding tert-OH is 1. The van der Waals surface area contributed by atoms with Gasteiger partial charge in [0, 0.05) is 5.56 Å². The van der Waals surface area contributed by atoms with E-state index in [2.05, 4.69) is 11.9 Å². The third-order valence-corrected chi connectivity index (χ3v) is 2.58. The number of pyridine rings is 1. The Labute approximate surface area is 105 Å². The molecule has 18 heavy (non-hydrogen) atoms. The number of nitrogens with zero attached hydrogens (tertiary/aromatic N) is 1. The molecule has 0 aliphatic rings. The fraction of sp³-hybridized carbons (Fsp3) is 0.214. The van der Waals surface area contributed by atoms with Crippen LogP contribution in [0.2, 0.25) is 0 Å². The standard InChI is InChI=1S/C14H14FNO2/c1-2-10-4-3-5-13(6-10)18-14-11(9-17)7-12(15)8-16-14/h3-8,17H,2,9H2,1H3. The SMILES string of the molecule is CCc1cccc(Oc2ncc(F)cc2CO)c1. The van der Waals surface area contributed by atoms with E-state index in [4.69, 9.17) is 9.84 Å². The van der Waals surface area contributed by atoms with Crippen LogP contribution in [0.5, 0.6) is 11.6 Å². The minimum absolute atomic E-state index is 0.229. The number of aryl methyl sites for hydroxylation is 1. The number of benzene rings is 1. The van der Waals surface area contributed by atoms with E-state index in [0.29, 0.717) is 11.3 Å². The van der Waals surface area contributed by atoms with Gasteiger partial charge in [0.2, 0.25) is 5.88 Å². The van der Waals surface area contributed by atoms with E-state index in [1.54, 1.807) is 6.07 Å². The molecule has 0 unspecified atom stereocenters. The quantitative estimate of drug-likeness (QED) is 0.902. The number of hydrogen-bond donors (Lipinski definition) is 1. The summed E-state index contributed by atoms with van der Waals surface area (Å²) in [5.74, 6) is 0.365. The van der Waals surface area contributed by atoms with Crippen molar-refractivity contribution in [3.63, 3.8) is 0 Å². The van der Waals surface area contributed by atoms with Crippen LogP contribution < -0.4 is 4.74 Å². The van der Waals surface area contributed by atoms with Gasteiger partial charge in [-0.05, 0) is 30.2 Å². The van der Waals surface area contributed by atoms with Crippen LogP contribution in [-0.4, -0.2) is 10.1 Å². The molecule has 1 N–H and O–H groups in total. The van der Waals surface area contributed by atoms with Gasteiger partial charge in [0.25, 0.3) is 0 Å². The average Bonchev–Trinajstić information content (AvgIpc) is 2.41. The summed E-state index contributed by atoms with van der Waals surface area (Å²) in [5, 5.41) is 9.13. The van der Waals surface area contributed by atoms with Crippen molar-refractivity contribution >= 4 is 0 Å². The smallest absolute Gasteiger partial charge is 0.224 e. The molecule has 0 saturated heterocycles. The maximum absolute atomic E-state index is 13.0. The van der Waals surface area contributed by atoms with E-state index < -0.39 is 5.82 Å². The van der Waals surface area contributed by atoms with E-state index in [-0.39, 0.29) is 12.5 Å². The van der Waals surface area contributed by atoms with Crippen LogP contribution in [0.1, 0.15) is 18.1 Å². The van der Waals surface area contributed by atoms with Crippen LogP contribution in [0.15, 0.2) is 36.5 Å². The van der Waals surface area contributed by atoms with Crippen LogP contribution in [0.3, 0.4) is 0 Å². The van der Waals surface area contributed by atoms with Crippen molar-refractivity contribution in [2.45, 2.75) is 20.0 Å². The van der Waals surface area contributed by atoms with Crippen molar-refractivity contribution in [2.24, 2.45) is 0 Å². The number of rotatable bonds is 4. The van der Waals surface area contributed by atoms with Crippen LogP contribution in [-0.2, 0) is 13.0 Å². The number of aliphatic hydroxyl groups is 1. The highest BCUT2D eigenvalue weighted by Gasteiger charge is 2.07. The third kappa shape index (κ3) is 2.84. The van der Waals surface area contributed by atoms with Crippen molar-refractivity contribution in [1.29, 1.82) is 0 Å². The highest BCUT2D eigenvalue weighted by molar-refractivity contribution is 5.34. The summed E-state index contributed by atoms with van der Waals surface area (Å²) in [7, 11) is 0. The third-order valence-electron chi connectivity index (χ3n) is 2.58. The van der Waals surface area contributed by atoms with Gasteiger partial charge in [0.1, 0.15) is 11.6 Å². The first-order chi connectivity index (χ1) is 8.72. The van der Waals surface area contributed by atoms with Crippen LogP contribution >= 0.6 is 0 Å². The Bertz CT molecular complexity index is 543. The molecule has 0 fully saturated rings. The molecule has 0 amide bonds. The molecular weight excluding hydrogens is 233 g/mol. The van der Waals surface area contributed by atoms with Gasteiger partial charge in [-0.1, -0.05) is 19.1 Å². The van der Waals surface area contributed by atoms with Crippen LogP contribution in [0.4, 0.5) is 4.39 Å². The molecule has 1 aromatic heterocycles. The minimum Gasteiger partial charge on any atom is -0.439 e. The zero-order valence-electron chi connectivity index (χ0n) is 10.1. The van der Waals surface area contributed by atoms with Gasteiger partial charge < -0.3 is 9.84 Å². The monoisotopic (exact) mass is 247 g/mol. The van der Waals surface area contributed by atoms with E-state index >= 15 is 0 Å². The predicted octanol–water partition coefficient (Wildman–Crippen LogP) is 3.07. The average molecular weight is 247 g/mol. The van der Waals surface area contributed by atoms with E-state index in [0.717, 1.165) is 18.2 Å². The molecule has 0 bridgehead atoms. The topological polar surface area (TPSA) is 42.4 Å². The number of aromatic nitrogens is 1. The fourth-order valence-electron chi connectivity index (χ4n) is 1.61. The van der Waals surface area contributed by atoms with Gasteiger partial charge in [-0.2, -0.15) is 0 Å². The highest BCUT2D eigenvalue weighted by Crippen LogP contribution is 2.24. The maximum Gasteiger partial charge on any atom is 0.224 e. The van der Waals surface area contributed by atoms with Gasteiger partial charge in [0.05, 0.1) is 12.8 Å². The lowest BCUT2D eigenvalue weighted by molar-refractivity contribution is 0.274. The van der Waals surface area contributed by atoms with E-state index in [1.807, 2.05) is 18.2 Å². The molecular formula is C14H14FNO2. The number of hydrogen-bond acceptors (Lipinski definition) is 3. The summed E-state index contributed by atoms with van der Waals surface area (Å²) in [5.41, 5.74) is 1.47. The van der Waals surface area contributed by atoms with Crippen molar-refractivity contribution < 1.29 is 14.2 Å². The van der Waals surface area contributed by atoms with Crippen molar-refractivity contribution in [3.8, 4) is 11.6 Å². The molecule has 2 rings (SSSR count). The zero-order valence-corrected chi connectivity index (χ0v) is 10.1. The Morgan fingerprint density at radius 1 is 1.33 bits per heavy atom. The van der Waals surface area contributed by atoms with Gasteiger partial charge in [-0.3, -0.25) is 0 Å². The molecule has 1 heterocycles. The molecule has 0 aliphatic carbocycles. The molecule has 2 aromatic rings. The first-order valence-corrected chi connectivity index (χ1v) is 5.75. The van der Waals surface area contributed by atoms with Gasteiger partial charge >= 0.3 is 0 Å². The minimum atomic E-state index is -0.492. The second-order valence-electron chi connectivity index (χ2n) is 3.88. The molecule has 1 aromatic carbocycles. The summed E-state index contributed by atoms with van der Waals surface area (Å²) in [4.78, 5) is 3.84. The molecule has 0 spiro atoms. The Balaban J connectivity index is 2.27. The van der Waals surface area contributed by atoms with Crippen molar-refractivity contribution in [1.82, 2.24) is 4.98 Å². The van der Waals surface area contributed by atoms with Gasteiger partial charge in [-0.25, -0.2) is 9.37 Å². The summed E-state index contributed by atoms with van der Waals surface area (Å²) < 4.78 is 18.5. The fourth-order valence-corrected chi connectivity index (χ4v) is 1.61. The number of halogens is 1. The molecule has 0 aliphatic heterocycles. The lowest BCUT2D eigenvalue weighted by Crippen LogP contribution is -1.96. The molecule has 3 nitrogen and oxygen atoms in total. The Morgan fingerprint density at radius 2 is 2.17 bits per heavy atom. The normalized spacial score (nSPS) is 10.4. The molecule has 0 saturated carbocycles. The predicted molar refractivity (Wildman–Crippen MR) is 66.0 cm³/mol. The largest absolute Gasteiger partial charge is 0.439 e. The maximum atomic E-state index is 13.0.